The minimum absolute atomic E-state index is 0.189. The van der Waals surface area contributed by atoms with E-state index in [0.717, 1.165) is 16.7 Å². The smallest absolute Gasteiger partial charge is 0.167 e. The monoisotopic (exact) mass is 350 g/mol. The number of benzene rings is 2. The fourth-order valence-corrected chi connectivity index (χ4v) is 2.37. The number of halogens is 1. The van der Waals surface area contributed by atoms with Crippen molar-refractivity contribution in [1.29, 1.82) is 0 Å². The Bertz CT molecular complexity index is 570. The molecule has 0 heterocycles. The second-order valence-electron chi connectivity index (χ2n) is 4.54. The molecule has 0 aliphatic rings. The molecule has 0 aliphatic heterocycles. The Morgan fingerprint density at radius 2 is 1.72 bits per heavy atom. The van der Waals surface area contributed by atoms with Crippen LogP contribution in [0, 0.1) is 17.4 Å². The maximum atomic E-state index is 12.2. The van der Waals surface area contributed by atoms with Crippen molar-refractivity contribution in [2.75, 3.05) is 0 Å². The van der Waals surface area contributed by atoms with Crippen LogP contribution >= 0.6 is 22.6 Å². The first-order valence-electron chi connectivity index (χ1n) is 5.91. The predicted octanol–water partition coefficient (Wildman–Crippen LogP) is 4.33. The molecular weight excluding hydrogens is 335 g/mol. The van der Waals surface area contributed by atoms with E-state index < -0.39 is 0 Å². The molecule has 0 amide bonds. The Kier molecular flexibility index (Phi) is 4.17. The van der Waals surface area contributed by atoms with Crippen LogP contribution in [-0.2, 0) is 6.42 Å². The molecular formula is C16H15IO. The molecule has 2 heteroatoms. The van der Waals surface area contributed by atoms with Gasteiger partial charge in [0.15, 0.2) is 5.78 Å². The average Bonchev–Trinajstić information content (AvgIpc) is 2.32. The van der Waals surface area contributed by atoms with Crippen LogP contribution in [0.1, 0.15) is 27.0 Å². The van der Waals surface area contributed by atoms with Crippen LogP contribution in [0.25, 0.3) is 0 Å². The van der Waals surface area contributed by atoms with E-state index in [4.69, 9.17) is 0 Å². The molecule has 2 aromatic rings. The second-order valence-corrected chi connectivity index (χ2v) is 5.79. The third kappa shape index (κ3) is 3.19. The highest BCUT2D eigenvalue weighted by Crippen LogP contribution is 2.15. The summed E-state index contributed by atoms with van der Waals surface area (Å²) in [7, 11) is 0. The molecule has 2 rings (SSSR count). The molecule has 18 heavy (non-hydrogen) atoms. The van der Waals surface area contributed by atoms with Crippen molar-refractivity contribution in [3.8, 4) is 0 Å². The summed E-state index contributed by atoms with van der Waals surface area (Å²) < 4.78 is 1.19. The average molecular weight is 350 g/mol. The molecule has 0 radical (unpaired) electrons. The van der Waals surface area contributed by atoms with Crippen molar-refractivity contribution in [1.82, 2.24) is 0 Å². The minimum Gasteiger partial charge on any atom is -0.294 e. The summed E-state index contributed by atoms with van der Waals surface area (Å²) in [5, 5.41) is 0. The van der Waals surface area contributed by atoms with Gasteiger partial charge in [-0.2, -0.15) is 0 Å². The molecule has 0 bridgehead atoms. The second kappa shape index (κ2) is 5.65. The van der Waals surface area contributed by atoms with Gasteiger partial charge in [-0.25, -0.2) is 0 Å². The maximum absolute atomic E-state index is 12.2. The van der Waals surface area contributed by atoms with Crippen LogP contribution in [0.15, 0.2) is 42.5 Å². The summed E-state index contributed by atoms with van der Waals surface area (Å²) in [5.74, 6) is 0.189. The van der Waals surface area contributed by atoms with Crippen molar-refractivity contribution in [2.45, 2.75) is 20.3 Å². The van der Waals surface area contributed by atoms with Gasteiger partial charge >= 0.3 is 0 Å². The summed E-state index contributed by atoms with van der Waals surface area (Å²) in [6.07, 6.45) is 0.473. The summed E-state index contributed by atoms with van der Waals surface area (Å²) in [5.41, 5.74) is 4.16. The number of Topliss-reactive ketones (excluding diaryl/α,β-unsaturated/α-hetero) is 1. The Balaban J connectivity index is 2.19. The lowest BCUT2D eigenvalue weighted by Gasteiger charge is -2.06. The van der Waals surface area contributed by atoms with E-state index in [1.807, 2.05) is 50.2 Å². The molecule has 0 saturated heterocycles. The third-order valence-electron chi connectivity index (χ3n) is 2.96. The fourth-order valence-electron chi connectivity index (χ4n) is 2.01. The zero-order valence-corrected chi connectivity index (χ0v) is 12.7. The molecule has 92 valence electrons. The van der Waals surface area contributed by atoms with E-state index in [1.165, 1.54) is 9.13 Å². The van der Waals surface area contributed by atoms with Gasteiger partial charge < -0.3 is 0 Å². The van der Waals surface area contributed by atoms with Crippen LogP contribution in [0.5, 0.6) is 0 Å². The first-order valence-corrected chi connectivity index (χ1v) is 6.99. The van der Waals surface area contributed by atoms with E-state index in [9.17, 15) is 4.79 Å². The van der Waals surface area contributed by atoms with Gasteiger partial charge in [0.25, 0.3) is 0 Å². The zero-order chi connectivity index (χ0) is 13.1. The van der Waals surface area contributed by atoms with Gasteiger partial charge in [0, 0.05) is 15.6 Å². The molecule has 2 aromatic carbocycles. The minimum atomic E-state index is 0.189. The highest BCUT2D eigenvalue weighted by atomic mass is 127. The van der Waals surface area contributed by atoms with Crippen LogP contribution in [0.2, 0.25) is 0 Å². The molecule has 0 fully saturated rings. The molecule has 0 atom stereocenters. The topological polar surface area (TPSA) is 17.1 Å². The van der Waals surface area contributed by atoms with Gasteiger partial charge in [-0.1, -0.05) is 35.9 Å². The van der Waals surface area contributed by atoms with E-state index in [-0.39, 0.29) is 5.78 Å². The lowest BCUT2D eigenvalue weighted by Crippen LogP contribution is -2.05. The van der Waals surface area contributed by atoms with Crippen LogP contribution in [-0.4, -0.2) is 5.78 Å². The van der Waals surface area contributed by atoms with Crippen LogP contribution in [0.4, 0.5) is 0 Å². The van der Waals surface area contributed by atoms with Gasteiger partial charge in [0.05, 0.1) is 0 Å². The molecule has 0 saturated carbocycles. The van der Waals surface area contributed by atoms with E-state index >= 15 is 0 Å². The lowest BCUT2D eigenvalue weighted by atomic mass is 9.98. The number of hydrogen-bond acceptors (Lipinski definition) is 1. The lowest BCUT2D eigenvalue weighted by molar-refractivity contribution is 0.0992. The van der Waals surface area contributed by atoms with Gasteiger partial charge in [-0.3, -0.25) is 4.79 Å². The van der Waals surface area contributed by atoms with Crippen molar-refractivity contribution in [3.05, 3.63) is 68.3 Å². The fraction of sp³-hybridized carbons (Fsp3) is 0.188. The maximum Gasteiger partial charge on any atom is 0.167 e. The van der Waals surface area contributed by atoms with Gasteiger partial charge in [-0.05, 0) is 59.7 Å². The van der Waals surface area contributed by atoms with Crippen molar-refractivity contribution in [3.63, 3.8) is 0 Å². The Hall–Kier alpha value is -1.16. The van der Waals surface area contributed by atoms with E-state index in [1.54, 1.807) is 0 Å². The molecule has 0 aromatic heterocycles. The normalized spacial score (nSPS) is 10.4. The summed E-state index contributed by atoms with van der Waals surface area (Å²) >= 11 is 2.27. The third-order valence-corrected chi connectivity index (χ3v) is 3.68. The Morgan fingerprint density at radius 1 is 1.06 bits per heavy atom. The van der Waals surface area contributed by atoms with Crippen molar-refractivity contribution >= 4 is 28.4 Å². The first kappa shape index (κ1) is 13.3. The largest absolute Gasteiger partial charge is 0.294 e. The zero-order valence-electron chi connectivity index (χ0n) is 10.5. The predicted molar refractivity (Wildman–Crippen MR) is 83.1 cm³/mol. The van der Waals surface area contributed by atoms with E-state index in [2.05, 4.69) is 28.7 Å². The Morgan fingerprint density at radius 3 is 2.33 bits per heavy atom. The number of hydrogen-bond donors (Lipinski definition) is 0. The summed E-state index contributed by atoms with van der Waals surface area (Å²) in [6.45, 7) is 4.04. The quantitative estimate of drug-likeness (QED) is 0.595. The van der Waals surface area contributed by atoms with Crippen LogP contribution in [0.3, 0.4) is 0 Å². The van der Waals surface area contributed by atoms with Gasteiger partial charge in [0.2, 0.25) is 0 Å². The summed E-state index contributed by atoms with van der Waals surface area (Å²) in [4.78, 5) is 12.2. The number of rotatable bonds is 3. The standard InChI is InChI=1S/C16H15IO/c1-11-3-8-15(12(2)9-11)16(18)10-13-4-6-14(17)7-5-13/h3-9H,10H2,1-2H3. The Labute approximate surface area is 121 Å². The number of carbonyl (C=O) groups excluding carboxylic acids is 1. The molecule has 1 nitrogen and oxygen atoms in total. The van der Waals surface area contributed by atoms with E-state index in [0.29, 0.717) is 6.42 Å². The van der Waals surface area contributed by atoms with Gasteiger partial charge in [0.1, 0.15) is 0 Å². The number of aryl methyl sites for hydroxylation is 2. The highest BCUT2D eigenvalue weighted by Gasteiger charge is 2.09. The van der Waals surface area contributed by atoms with Crippen LogP contribution < -0.4 is 0 Å². The highest BCUT2D eigenvalue weighted by molar-refractivity contribution is 14.1. The molecule has 0 spiro atoms. The first-order chi connectivity index (χ1) is 8.56. The van der Waals surface area contributed by atoms with Crippen molar-refractivity contribution < 1.29 is 4.79 Å². The summed E-state index contributed by atoms with van der Waals surface area (Å²) in [6, 6.07) is 14.1. The molecule has 0 N–H and O–H groups in total. The number of ketones is 1. The number of carbonyl (C=O) groups is 1. The SMILES string of the molecule is Cc1ccc(C(=O)Cc2ccc(I)cc2)c(C)c1. The van der Waals surface area contributed by atoms with Crippen molar-refractivity contribution in [2.24, 2.45) is 0 Å². The molecule has 0 unspecified atom stereocenters. The van der Waals surface area contributed by atoms with Gasteiger partial charge in [-0.15, -0.1) is 0 Å². The molecule has 0 aliphatic carbocycles.